The standard InChI is InChI=1S/C29H30N8O4/c1-3-4-12-35-25-26(33-28(35)34-11-7-8-19(31)16-34)36(17-24(38)41-2)29(40)37(27(25)39)15-18-13-23(32)21-10-6-5-9-20(21)22(18)14-30/h5-6,9-10,13,19H,7-8,11-12,15-17,31-32H2,1-2H3. The monoisotopic (exact) mass is 554 g/mol. The van der Waals surface area contributed by atoms with E-state index in [-0.39, 0.29) is 30.3 Å². The summed E-state index contributed by atoms with van der Waals surface area (Å²) in [5.41, 5.74) is 12.4. The number of nitrogens with zero attached hydrogens (tertiary/aromatic N) is 6. The van der Waals surface area contributed by atoms with Crippen LogP contribution in [0.25, 0.3) is 21.9 Å². The fraction of sp³-hybridized carbons (Fsp3) is 0.345. The lowest BCUT2D eigenvalue weighted by Gasteiger charge is -2.31. The van der Waals surface area contributed by atoms with Gasteiger partial charge >= 0.3 is 11.7 Å². The second-order valence-corrected chi connectivity index (χ2v) is 9.94. The first-order valence-electron chi connectivity index (χ1n) is 13.2. The molecule has 0 aliphatic carbocycles. The molecule has 1 aliphatic heterocycles. The van der Waals surface area contributed by atoms with Crippen LogP contribution < -0.4 is 27.6 Å². The van der Waals surface area contributed by atoms with Crippen molar-refractivity contribution in [2.24, 2.45) is 5.73 Å². The fourth-order valence-electron chi connectivity index (χ4n) is 5.39. The Kier molecular flexibility index (Phi) is 7.51. The predicted molar refractivity (Wildman–Crippen MR) is 155 cm³/mol. The maximum atomic E-state index is 14.1. The van der Waals surface area contributed by atoms with Gasteiger partial charge in [-0.2, -0.15) is 10.2 Å². The number of rotatable bonds is 6. The topological polar surface area (TPSA) is 167 Å². The zero-order chi connectivity index (χ0) is 29.3. The number of esters is 1. The van der Waals surface area contributed by atoms with E-state index in [9.17, 15) is 19.6 Å². The molecule has 1 unspecified atom stereocenters. The van der Waals surface area contributed by atoms with Crippen molar-refractivity contribution in [2.75, 3.05) is 30.8 Å². The Bertz CT molecular complexity index is 1900. The number of nitrogens with two attached hydrogens (primary N) is 2. The van der Waals surface area contributed by atoms with Crippen LogP contribution in [0.1, 0.15) is 30.9 Å². The van der Waals surface area contributed by atoms with Crippen LogP contribution in [0, 0.1) is 23.2 Å². The lowest BCUT2D eigenvalue weighted by atomic mass is 9.98. The van der Waals surface area contributed by atoms with Crippen molar-refractivity contribution >= 4 is 39.5 Å². The third-order valence-electron chi connectivity index (χ3n) is 7.36. The van der Waals surface area contributed by atoms with Crippen LogP contribution in [-0.4, -0.2) is 50.9 Å². The molecule has 0 amide bonds. The van der Waals surface area contributed by atoms with E-state index in [0.29, 0.717) is 46.6 Å². The third kappa shape index (κ3) is 4.90. The van der Waals surface area contributed by atoms with Crippen molar-refractivity contribution < 1.29 is 9.53 Å². The average molecular weight is 555 g/mol. The van der Waals surface area contributed by atoms with Gasteiger partial charge in [-0.05, 0) is 31.4 Å². The van der Waals surface area contributed by atoms with Gasteiger partial charge in [-0.3, -0.25) is 23.3 Å². The van der Waals surface area contributed by atoms with Crippen molar-refractivity contribution in [3.63, 3.8) is 0 Å². The summed E-state index contributed by atoms with van der Waals surface area (Å²) in [5.74, 6) is 5.59. The van der Waals surface area contributed by atoms with E-state index in [4.69, 9.17) is 21.2 Å². The lowest BCUT2D eigenvalue weighted by molar-refractivity contribution is -0.141. The fourth-order valence-corrected chi connectivity index (χ4v) is 5.39. The molecule has 12 heteroatoms. The summed E-state index contributed by atoms with van der Waals surface area (Å²) in [6.07, 6.45) is 1.70. The molecular weight excluding hydrogens is 524 g/mol. The van der Waals surface area contributed by atoms with Crippen LogP contribution in [0.2, 0.25) is 0 Å². The number of fused-ring (bicyclic) bond motifs is 2. The van der Waals surface area contributed by atoms with Crippen molar-refractivity contribution in [1.29, 1.82) is 5.26 Å². The molecule has 1 saturated heterocycles. The number of imidazole rings is 1. The number of ether oxygens (including phenoxy) is 1. The van der Waals surface area contributed by atoms with Gasteiger partial charge in [-0.1, -0.05) is 30.2 Å². The van der Waals surface area contributed by atoms with E-state index in [1.165, 1.54) is 7.11 Å². The molecular formula is C29H30N8O4. The van der Waals surface area contributed by atoms with Crippen LogP contribution >= 0.6 is 0 Å². The molecule has 4 N–H and O–H groups in total. The molecule has 0 spiro atoms. The SMILES string of the molecule is CC#CCn1c(N2CCCC(N)C2)nc2c1c(=O)n(Cc1cc(N)c3ccccc3c1C#N)c(=O)n2CC(=O)OC. The molecule has 5 rings (SSSR count). The largest absolute Gasteiger partial charge is 0.468 e. The molecule has 0 radical (unpaired) electrons. The molecule has 12 nitrogen and oxygen atoms in total. The van der Waals surface area contributed by atoms with E-state index < -0.39 is 23.8 Å². The first kappa shape index (κ1) is 27.5. The molecule has 0 bridgehead atoms. The highest BCUT2D eigenvalue weighted by Crippen LogP contribution is 2.28. The molecule has 2 aromatic heterocycles. The zero-order valence-corrected chi connectivity index (χ0v) is 22.9. The third-order valence-corrected chi connectivity index (χ3v) is 7.36. The molecule has 3 heterocycles. The summed E-state index contributed by atoms with van der Waals surface area (Å²) in [6, 6.07) is 10.9. The van der Waals surface area contributed by atoms with Crippen molar-refractivity contribution in [2.45, 2.75) is 45.4 Å². The van der Waals surface area contributed by atoms with Crippen LogP contribution in [0.15, 0.2) is 39.9 Å². The number of piperidine rings is 1. The Hall–Kier alpha value is -5.07. The maximum Gasteiger partial charge on any atom is 0.333 e. The number of nitrogen functional groups attached to an aromatic ring is 1. The summed E-state index contributed by atoms with van der Waals surface area (Å²) in [7, 11) is 1.22. The summed E-state index contributed by atoms with van der Waals surface area (Å²) in [6.45, 7) is 2.28. The number of carbonyl (C=O) groups is 1. The number of hydrogen-bond acceptors (Lipinski definition) is 9. The summed E-state index contributed by atoms with van der Waals surface area (Å²) in [4.78, 5) is 47.1. The van der Waals surface area contributed by atoms with Crippen molar-refractivity contribution in [3.05, 3.63) is 62.3 Å². The quantitative estimate of drug-likeness (QED) is 0.202. The Morgan fingerprint density at radius 2 is 1.95 bits per heavy atom. The number of methoxy groups -OCH3 is 1. The second kappa shape index (κ2) is 11.2. The molecule has 1 fully saturated rings. The predicted octanol–water partition coefficient (Wildman–Crippen LogP) is 1.14. The van der Waals surface area contributed by atoms with E-state index in [1.54, 1.807) is 35.8 Å². The first-order chi connectivity index (χ1) is 19.8. The molecule has 1 aliphatic rings. The number of aromatic nitrogens is 4. The van der Waals surface area contributed by atoms with Gasteiger partial charge in [0.05, 0.1) is 25.8 Å². The van der Waals surface area contributed by atoms with Gasteiger partial charge in [0.2, 0.25) is 5.95 Å². The molecule has 210 valence electrons. The Balaban J connectivity index is 1.80. The Morgan fingerprint density at radius 3 is 2.63 bits per heavy atom. The minimum atomic E-state index is -0.767. The maximum absolute atomic E-state index is 14.1. The highest BCUT2D eigenvalue weighted by Gasteiger charge is 2.28. The molecule has 2 aromatic carbocycles. The van der Waals surface area contributed by atoms with E-state index in [1.807, 2.05) is 11.0 Å². The van der Waals surface area contributed by atoms with E-state index >= 15 is 0 Å². The van der Waals surface area contributed by atoms with Gasteiger partial charge in [-0.15, -0.1) is 5.92 Å². The van der Waals surface area contributed by atoms with Gasteiger partial charge in [0.1, 0.15) is 12.6 Å². The van der Waals surface area contributed by atoms with Crippen LogP contribution in [0.5, 0.6) is 0 Å². The average Bonchev–Trinajstić information content (AvgIpc) is 3.36. The summed E-state index contributed by atoms with van der Waals surface area (Å²) < 4.78 is 8.64. The van der Waals surface area contributed by atoms with Gasteiger partial charge in [0.15, 0.2) is 11.2 Å². The van der Waals surface area contributed by atoms with Gasteiger partial charge < -0.3 is 21.1 Å². The number of nitriles is 1. The number of anilines is 2. The van der Waals surface area contributed by atoms with Gasteiger partial charge in [0.25, 0.3) is 5.56 Å². The first-order valence-corrected chi connectivity index (χ1v) is 13.2. The zero-order valence-electron chi connectivity index (χ0n) is 22.9. The minimum Gasteiger partial charge on any atom is -0.468 e. The highest BCUT2D eigenvalue weighted by molar-refractivity contribution is 5.97. The van der Waals surface area contributed by atoms with Crippen LogP contribution in [0.3, 0.4) is 0 Å². The molecule has 0 saturated carbocycles. The summed E-state index contributed by atoms with van der Waals surface area (Å²) in [5, 5.41) is 11.3. The Morgan fingerprint density at radius 1 is 1.20 bits per heavy atom. The molecule has 1 atom stereocenters. The number of benzene rings is 2. The molecule has 41 heavy (non-hydrogen) atoms. The molecule has 4 aromatic rings. The van der Waals surface area contributed by atoms with Crippen LogP contribution in [-0.2, 0) is 29.2 Å². The highest BCUT2D eigenvalue weighted by atomic mass is 16.5. The Labute approximate surface area is 235 Å². The van der Waals surface area contributed by atoms with Crippen molar-refractivity contribution in [1.82, 2.24) is 18.7 Å². The van der Waals surface area contributed by atoms with E-state index in [0.717, 1.165) is 22.0 Å². The smallest absolute Gasteiger partial charge is 0.333 e. The van der Waals surface area contributed by atoms with Gasteiger partial charge in [-0.25, -0.2) is 4.79 Å². The number of hydrogen-bond donors (Lipinski definition) is 2. The van der Waals surface area contributed by atoms with E-state index in [2.05, 4.69) is 17.9 Å². The number of carbonyl (C=O) groups excluding carboxylic acids is 1. The normalized spacial score (nSPS) is 15.0. The minimum absolute atomic E-state index is 0.0484. The van der Waals surface area contributed by atoms with Gasteiger partial charge in [0, 0.05) is 35.6 Å². The second-order valence-electron chi connectivity index (χ2n) is 9.94. The van der Waals surface area contributed by atoms with Crippen LogP contribution in [0.4, 0.5) is 11.6 Å². The van der Waals surface area contributed by atoms with Crippen molar-refractivity contribution in [3.8, 4) is 17.9 Å². The lowest BCUT2D eigenvalue weighted by Crippen LogP contribution is -2.44. The summed E-state index contributed by atoms with van der Waals surface area (Å²) >= 11 is 0.